The highest BCUT2D eigenvalue weighted by atomic mass is 35.5. The second kappa shape index (κ2) is 6.07. The van der Waals surface area contributed by atoms with E-state index in [2.05, 4.69) is 15.1 Å². The molecule has 4 aromatic rings. The molecule has 0 saturated carbocycles. The maximum Gasteiger partial charge on any atom is 0.337 e. The number of hydrogen-bond acceptors (Lipinski definition) is 4. The smallest absolute Gasteiger partial charge is 0.337 e. The van der Waals surface area contributed by atoms with Crippen LogP contribution < -0.4 is 0 Å². The third-order valence-corrected chi connectivity index (χ3v) is 4.10. The van der Waals surface area contributed by atoms with Gasteiger partial charge in [-0.15, -0.1) is 0 Å². The Hall–Kier alpha value is -3.12. The largest absolute Gasteiger partial charge is 0.465 e. The van der Waals surface area contributed by atoms with Crippen molar-refractivity contribution in [2.24, 2.45) is 0 Å². The molecule has 0 atom stereocenters. The van der Waals surface area contributed by atoms with Gasteiger partial charge < -0.3 is 9.72 Å². The van der Waals surface area contributed by atoms with E-state index in [1.807, 2.05) is 30.5 Å². The summed E-state index contributed by atoms with van der Waals surface area (Å²) < 4.78 is 6.49. The molecule has 2 heterocycles. The summed E-state index contributed by atoms with van der Waals surface area (Å²) in [5.41, 5.74) is 3.74. The number of aromatic amines is 1. The lowest BCUT2D eigenvalue weighted by molar-refractivity contribution is 0.0601. The predicted octanol–water partition coefficient (Wildman–Crippen LogP) is 3.86. The Balaban J connectivity index is 1.70. The van der Waals surface area contributed by atoms with E-state index in [4.69, 9.17) is 16.3 Å². The first-order chi connectivity index (χ1) is 12.1. The van der Waals surface area contributed by atoms with Crippen molar-refractivity contribution in [3.8, 4) is 17.1 Å². The number of carbonyl (C=O) groups is 1. The SMILES string of the molecule is COC(=O)c1ccc2nc(-c3cnn(-c4ccc(Cl)cc4)c3)[nH]c2c1. The molecule has 2 aromatic carbocycles. The molecule has 0 bridgehead atoms. The number of esters is 1. The minimum Gasteiger partial charge on any atom is -0.465 e. The maximum atomic E-state index is 11.6. The molecule has 0 fully saturated rings. The zero-order chi connectivity index (χ0) is 17.4. The van der Waals surface area contributed by atoms with Crippen molar-refractivity contribution in [3.05, 3.63) is 65.4 Å². The van der Waals surface area contributed by atoms with Crippen molar-refractivity contribution in [2.75, 3.05) is 7.11 Å². The van der Waals surface area contributed by atoms with Gasteiger partial charge in [0, 0.05) is 11.2 Å². The molecular weight excluding hydrogens is 340 g/mol. The number of carbonyl (C=O) groups excluding carboxylic acids is 1. The summed E-state index contributed by atoms with van der Waals surface area (Å²) >= 11 is 5.91. The number of rotatable bonds is 3. The zero-order valence-corrected chi connectivity index (χ0v) is 14.0. The number of benzene rings is 2. The number of methoxy groups -OCH3 is 1. The minimum absolute atomic E-state index is 0.381. The lowest BCUT2D eigenvalue weighted by atomic mass is 10.2. The van der Waals surface area contributed by atoms with Gasteiger partial charge in [-0.05, 0) is 42.5 Å². The van der Waals surface area contributed by atoms with Crippen molar-refractivity contribution in [2.45, 2.75) is 0 Å². The van der Waals surface area contributed by atoms with Crippen molar-refractivity contribution in [3.63, 3.8) is 0 Å². The number of hydrogen-bond donors (Lipinski definition) is 1. The molecule has 0 amide bonds. The third kappa shape index (κ3) is 2.88. The van der Waals surface area contributed by atoms with Crippen molar-refractivity contribution in [1.82, 2.24) is 19.7 Å². The van der Waals surface area contributed by atoms with Crippen LogP contribution in [-0.2, 0) is 4.74 Å². The first kappa shape index (κ1) is 15.4. The van der Waals surface area contributed by atoms with Gasteiger partial charge >= 0.3 is 5.97 Å². The Morgan fingerprint density at radius 2 is 2.00 bits per heavy atom. The van der Waals surface area contributed by atoms with Crippen LogP contribution >= 0.6 is 11.6 Å². The minimum atomic E-state index is -0.381. The number of nitrogens with zero attached hydrogens (tertiary/aromatic N) is 3. The molecule has 124 valence electrons. The Kier molecular flexibility index (Phi) is 3.74. The predicted molar refractivity (Wildman–Crippen MR) is 95.0 cm³/mol. The van der Waals surface area contributed by atoms with Gasteiger partial charge in [-0.3, -0.25) is 0 Å². The van der Waals surface area contributed by atoms with Crippen LogP contribution in [0.3, 0.4) is 0 Å². The number of imidazole rings is 1. The highest BCUT2D eigenvalue weighted by Gasteiger charge is 2.11. The molecule has 0 radical (unpaired) electrons. The van der Waals surface area contributed by atoms with E-state index in [9.17, 15) is 4.79 Å². The summed E-state index contributed by atoms with van der Waals surface area (Å²) in [5, 5.41) is 5.04. The van der Waals surface area contributed by atoms with E-state index in [-0.39, 0.29) is 5.97 Å². The summed E-state index contributed by atoms with van der Waals surface area (Å²) in [6.07, 6.45) is 3.61. The first-order valence-corrected chi connectivity index (χ1v) is 7.91. The van der Waals surface area contributed by atoms with Crippen molar-refractivity contribution < 1.29 is 9.53 Å². The van der Waals surface area contributed by atoms with Crippen molar-refractivity contribution >= 4 is 28.6 Å². The molecule has 25 heavy (non-hydrogen) atoms. The van der Waals surface area contributed by atoms with E-state index in [1.165, 1.54) is 7.11 Å². The number of ether oxygens (including phenoxy) is 1. The van der Waals surface area contributed by atoms with Gasteiger partial charge in [0.25, 0.3) is 0 Å². The van der Waals surface area contributed by atoms with Gasteiger partial charge in [0.1, 0.15) is 5.82 Å². The van der Waals surface area contributed by atoms with Crippen LogP contribution in [0.1, 0.15) is 10.4 Å². The van der Waals surface area contributed by atoms with E-state index in [0.29, 0.717) is 16.4 Å². The molecular formula is C18H13ClN4O2. The standard InChI is InChI=1S/C18H13ClN4O2/c1-25-18(24)11-2-7-15-16(8-11)22-17(21-15)12-9-20-23(10-12)14-5-3-13(19)4-6-14/h2-10H,1H3,(H,21,22). The van der Waals surface area contributed by atoms with E-state index in [1.54, 1.807) is 29.1 Å². The lowest BCUT2D eigenvalue weighted by Gasteiger charge is -1.99. The zero-order valence-electron chi connectivity index (χ0n) is 13.2. The normalized spacial score (nSPS) is 11.0. The lowest BCUT2D eigenvalue weighted by Crippen LogP contribution is -2.00. The Morgan fingerprint density at radius 3 is 2.76 bits per heavy atom. The number of fused-ring (bicyclic) bond motifs is 1. The molecule has 0 aliphatic carbocycles. The van der Waals surface area contributed by atoms with Crippen LogP contribution in [0.15, 0.2) is 54.9 Å². The fourth-order valence-electron chi connectivity index (χ4n) is 2.57. The average molecular weight is 353 g/mol. The van der Waals surface area contributed by atoms with E-state index in [0.717, 1.165) is 22.3 Å². The molecule has 2 aromatic heterocycles. The fourth-order valence-corrected chi connectivity index (χ4v) is 2.70. The Morgan fingerprint density at radius 1 is 1.20 bits per heavy atom. The summed E-state index contributed by atoms with van der Waals surface area (Å²) in [6, 6.07) is 12.6. The highest BCUT2D eigenvalue weighted by Crippen LogP contribution is 2.22. The molecule has 1 N–H and O–H groups in total. The summed E-state index contributed by atoms with van der Waals surface area (Å²) in [7, 11) is 1.36. The highest BCUT2D eigenvalue weighted by molar-refractivity contribution is 6.30. The number of halogens is 1. The maximum absolute atomic E-state index is 11.6. The van der Waals surface area contributed by atoms with Crippen LogP contribution in [0.4, 0.5) is 0 Å². The van der Waals surface area contributed by atoms with Crippen LogP contribution in [0.2, 0.25) is 5.02 Å². The molecule has 7 heteroatoms. The number of aromatic nitrogens is 4. The van der Waals surface area contributed by atoms with Gasteiger partial charge in [0.05, 0.1) is 41.2 Å². The molecule has 0 unspecified atom stereocenters. The van der Waals surface area contributed by atoms with E-state index >= 15 is 0 Å². The van der Waals surface area contributed by atoms with Gasteiger partial charge in [0.2, 0.25) is 0 Å². The van der Waals surface area contributed by atoms with Gasteiger partial charge in [-0.25, -0.2) is 14.5 Å². The van der Waals surface area contributed by atoms with Gasteiger partial charge in [-0.1, -0.05) is 11.6 Å². The molecule has 4 rings (SSSR count). The van der Waals surface area contributed by atoms with E-state index < -0.39 is 0 Å². The molecule has 0 saturated heterocycles. The quantitative estimate of drug-likeness (QED) is 0.568. The molecule has 0 spiro atoms. The fraction of sp³-hybridized carbons (Fsp3) is 0.0556. The third-order valence-electron chi connectivity index (χ3n) is 3.85. The second-order valence-corrected chi connectivity index (χ2v) is 5.90. The first-order valence-electron chi connectivity index (χ1n) is 7.53. The molecule has 6 nitrogen and oxygen atoms in total. The van der Waals surface area contributed by atoms with Crippen LogP contribution in [0, 0.1) is 0 Å². The average Bonchev–Trinajstić information content (AvgIpc) is 3.27. The van der Waals surface area contributed by atoms with Crippen molar-refractivity contribution in [1.29, 1.82) is 0 Å². The summed E-state index contributed by atoms with van der Waals surface area (Å²) in [5.74, 6) is 0.297. The molecule has 0 aliphatic heterocycles. The Labute approximate surface area is 148 Å². The summed E-state index contributed by atoms with van der Waals surface area (Å²) in [6.45, 7) is 0. The number of H-pyrrole nitrogens is 1. The second-order valence-electron chi connectivity index (χ2n) is 5.46. The Bertz CT molecular complexity index is 1070. The van der Waals surface area contributed by atoms with Crippen LogP contribution in [0.25, 0.3) is 28.1 Å². The topological polar surface area (TPSA) is 72.8 Å². The van der Waals surface area contributed by atoms with Gasteiger partial charge in [0.15, 0.2) is 0 Å². The van der Waals surface area contributed by atoms with Crippen LogP contribution in [-0.4, -0.2) is 32.8 Å². The number of nitrogens with one attached hydrogen (secondary N) is 1. The van der Waals surface area contributed by atoms with Crippen LogP contribution in [0.5, 0.6) is 0 Å². The monoisotopic (exact) mass is 352 g/mol. The molecule has 0 aliphatic rings. The van der Waals surface area contributed by atoms with Gasteiger partial charge in [-0.2, -0.15) is 5.10 Å². The summed E-state index contributed by atoms with van der Waals surface area (Å²) in [4.78, 5) is 19.4.